The van der Waals surface area contributed by atoms with E-state index < -0.39 is 0 Å². The van der Waals surface area contributed by atoms with Crippen LogP contribution in [0.15, 0.2) is 18.2 Å². The van der Waals surface area contributed by atoms with Gasteiger partial charge in [-0.1, -0.05) is 6.92 Å². The molecule has 0 aliphatic rings. The van der Waals surface area contributed by atoms with Crippen molar-refractivity contribution in [2.75, 3.05) is 19.0 Å². The lowest BCUT2D eigenvalue weighted by molar-refractivity contribution is 0.416. The summed E-state index contributed by atoms with van der Waals surface area (Å²) in [5.41, 5.74) is 2.09. The maximum Gasteiger partial charge on any atom is 0.168 e. The Morgan fingerprint density at radius 1 is 1.42 bits per heavy atom. The number of hydrogen-bond donors (Lipinski definition) is 1. The molecule has 0 fully saturated rings. The van der Waals surface area contributed by atoms with Crippen LogP contribution in [0.3, 0.4) is 0 Å². The summed E-state index contributed by atoms with van der Waals surface area (Å²) in [5.74, 6) is 1.42. The van der Waals surface area contributed by atoms with Crippen molar-refractivity contribution in [1.29, 1.82) is 5.26 Å². The first-order valence-corrected chi connectivity index (χ1v) is 6.68. The van der Waals surface area contributed by atoms with E-state index in [1.807, 2.05) is 0 Å². The van der Waals surface area contributed by atoms with Crippen LogP contribution < -0.4 is 10.1 Å². The number of aromatic nitrogens is 2. The van der Waals surface area contributed by atoms with E-state index >= 15 is 0 Å². The third-order valence-electron chi connectivity index (χ3n) is 2.61. The summed E-state index contributed by atoms with van der Waals surface area (Å²) in [4.78, 5) is 0. The summed E-state index contributed by atoms with van der Waals surface area (Å²) < 4.78 is 13.9. The number of methoxy groups -OCH3 is 1. The molecule has 0 unspecified atom stereocenters. The summed E-state index contributed by atoms with van der Waals surface area (Å²) in [6.45, 7) is 2.92. The second kappa shape index (κ2) is 6.16. The zero-order valence-corrected chi connectivity index (χ0v) is 11.6. The number of rotatable bonds is 5. The van der Waals surface area contributed by atoms with Crippen LogP contribution in [0.5, 0.6) is 5.75 Å². The van der Waals surface area contributed by atoms with Gasteiger partial charge in [-0.15, -0.1) is 0 Å². The van der Waals surface area contributed by atoms with Gasteiger partial charge in [0.05, 0.1) is 30.5 Å². The smallest absolute Gasteiger partial charge is 0.168 e. The van der Waals surface area contributed by atoms with Crippen molar-refractivity contribution in [2.45, 2.75) is 13.3 Å². The molecule has 0 saturated heterocycles. The number of hydrogen-bond acceptors (Lipinski definition) is 6. The average Bonchev–Trinajstić information content (AvgIpc) is 2.92. The molecule has 0 saturated carbocycles. The lowest BCUT2D eigenvalue weighted by atomic mass is 10.1. The average molecular weight is 274 g/mol. The summed E-state index contributed by atoms with van der Waals surface area (Å²) >= 11 is 1.14. The molecule has 1 aromatic heterocycles. The van der Waals surface area contributed by atoms with Gasteiger partial charge in [0.15, 0.2) is 5.82 Å². The Bertz CT molecular complexity index is 603. The molecule has 0 aliphatic carbocycles. The predicted octanol–water partition coefficient (Wildman–Crippen LogP) is 2.91. The van der Waals surface area contributed by atoms with Gasteiger partial charge in [-0.25, -0.2) is 0 Å². The highest BCUT2D eigenvalue weighted by Gasteiger charge is 2.15. The predicted molar refractivity (Wildman–Crippen MR) is 75.4 cm³/mol. The molecular weight excluding hydrogens is 260 g/mol. The highest BCUT2D eigenvalue weighted by molar-refractivity contribution is 6.99. The van der Waals surface area contributed by atoms with Gasteiger partial charge < -0.3 is 10.1 Å². The molecule has 5 nitrogen and oxygen atoms in total. The van der Waals surface area contributed by atoms with Gasteiger partial charge in [0.2, 0.25) is 0 Å². The minimum absolute atomic E-state index is 0.574. The third kappa shape index (κ3) is 2.83. The van der Waals surface area contributed by atoms with E-state index in [1.165, 1.54) is 0 Å². The fourth-order valence-electron chi connectivity index (χ4n) is 1.69. The lowest BCUT2D eigenvalue weighted by Gasteiger charge is -2.08. The van der Waals surface area contributed by atoms with Crippen molar-refractivity contribution >= 4 is 17.5 Å². The minimum atomic E-state index is 0.574. The molecule has 1 N–H and O–H groups in total. The Labute approximate surface area is 116 Å². The molecular formula is C13H14N4OS. The zero-order chi connectivity index (χ0) is 13.7. The molecule has 98 valence electrons. The van der Waals surface area contributed by atoms with Gasteiger partial charge in [0, 0.05) is 12.1 Å². The standard InChI is InChI=1S/C13H14N4OS/c1-3-6-15-13-12(16-19-17-13)10-7-9(8-14)4-5-11(10)18-2/h4-5,7H,3,6H2,1-2H3,(H,15,17). The Hall–Kier alpha value is -2.13. The van der Waals surface area contributed by atoms with Crippen LogP contribution in [-0.4, -0.2) is 22.4 Å². The number of benzene rings is 1. The lowest BCUT2D eigenvalue weighted by Crippen LogP contribution is -2.01. The SMILES string of the molecule is CCCNc1nsnc1-c1cc(C#N)ccc1OC. The highest BCUT2D eigenvalue weighted by atomic mass is 32.1. The monoisotopic (exact) mass is 274 g/mol. The summed E-state index contributed by atoms with van der Waals surface area (Å²) in [6, 6.07) is 7.39. The molecule has 0 bridgehead atoms. The Kier molecular flexibility index (Phi) is 4.31. The van der Waals surface area contributed by atoms with Crippen LogP contribution in [0.1, 0.15) is 18.9 Å². The summed E-state index contributed by atoms with van der Waals surface area (Å²) in [7, 11) is 1.60. The van der Waals surface area contributed by atoms with Crippen molar-refractivity contribution < 1.29 is 4.74 Å². The third-order valence-corrected chi connectivity index (χ3v) is 3.14. The fraction of sp³-hybridized carbons (Fsp3) is 0.308. The molecule has 2 rings (SSSR count). The molecule has 0 atom stereocenters. The van der Waals surface area contributed by atoms with E-state index in [1.54, 1.807) is 25.3 Å². The number of anilines is 1. The minimum Gasteiger partial charge on any atom is -0.496 e. The van der Waals surface area contributed by atoms with Crippen LogP contribution in [0.4, 0.5) is 5.82 Å². The molecule has 0 amide bonds. The second-order valence-corrected chi connectivity index (χ2v) is 4.44. The van der Waals surface area contributed by atoms with Crippen LogP contribution in [-0.2, 0) is 0 Å². The van der Waals surface area contributed by atoms with Crippen molar-refractivity contribution in [3.63, 3.8) is 0 Å². The fourth-order valence-corrected chi connectivity index (χ4v) is 2.23. The van der Waals surface area contributed by atoms with Gasteiger partial charge in [-0.3, -0.25) is 0 Å². The van der Waals surface area contributed by atoms with Crippen LogP contribution >= 0.6 is 11.7 Å². The van der Waals surface area contributed by atoms with E-state index in [0.717, 1.165) is 41.8 Å². The number of nitrogens with zero attached hydrogens (tertiary/aromatic N) is 3. The zero-order valence-electron chi connectivity index (χ0n) is 10.8. The highest BCUT2D eigenvalue weighted by Crippen LogP contribution is 2.34. The van der Waals surface area contributed by atoms with Crippen LogP contribution in [0.25, 0.3) is 11.3 Å². The Balaban J connectivity index is 2.45. The van der Waals surface area contributed by atoms with E-state index in [0.29, 0.717) is 11.3 Å². The van der Waals surface area contributed by atoms with Gasteiger partial charge >= 0.3 is 0 Å². The summed E-state index contributed by atoms with van der Waals surface area (Å²) in [6.07, 6.45) is 1.01. The number of nitriles is 1. The second-order valence-electron chi connectivity index (χ2n) is 3.92. The summed E-state index contributed by atoms with van der Waals surface area (Å²) in [5, 5.41) is 12.2. The molecule has 1 aromatic carbocycles. The van der Waals surface area contributed by atoms with Crippen LogP contribution in [0, 0.1) is 11.3 Å². The number of nitrogens with one attached hydrogen (secondary N) is 1. The molecule has 0 aliphatic heterocycles. The van der Waals surface area contributed by atoms with Crippen molar-refractivity contribution in [3.05, 3.63) is 23.8 Å². The van der Waals surface area contributed by atoms with Gasteiger partial charge in [-0.05, 0) is 24.6 Å². The first kappa shape index (κ1) is 13.3. The Morgan fingerprint density at radius 3 is 2.95 bits per heavy atom. The van der Waals surface area contributed by atoms with E-state index in [2.05, 4.69) is 27.1 Å². The van der Waals surface area contributed by atoms with Gasteiger partial charge in [0.1, 0.15) is 11.4 Å². The van der Waals surface area contributed by atoms with Gasteiger partial charge in [0.25, 0.3) is 0 Å². The first-order chi connectivity index (χ1) is 9.30. The molecule has 6 heteroatoms. The van der Waals surface area contributed by atoms with Crippen molar-refractivity contribution in [1.82, 2.24) is 8.75 Å². The van der Waals surface area contributed by atoms with Gasteiger partial charge in [-0.2, -0.15) is 14.0 Å². The molecule has 0 radical (unpaired) electrons. The van der Waals surface area contributed by atoms with Crippen molar-refractivity contribution in [2.24, 2.45) is 0 Å². The largest absolute Gasteiger partial charge is 0.496 e. The van der Waals surface area contributed by atoms with Crippen molar-refractivity contribution in [3.8, 4) is 23.1 Å². The molecule has 1 heterocycles. The first-order valence-electron chi connectivity index (χ1n) is 5.95. The van der Waals surface area contributed by atoms with E-state index in [-0.39, 0.29) is 0 Å². The van der Waals surface area contributed by atoms with E-state index in [9.17, 15) is 0 Å². The van der Waals surface area contributed by atoms with E-state index in [4.69, 9.17) is 10.00 Å². The van der Waals surface area contributed by atoms with Crippen LogP contribution in [0.2, 0.25) is 0 Å². The number of ether oxygens (including phenoxy) is 1. The maximum absolute atomic E-state index is 8.99. The molecule has 19 heavy (non-hydrogen) atoms. The quantitative estimate of drug-likeness (QED) is 0.907. The molecule has 0 spiro atoms. The molecule has 2 aromatic rings. The Morgan fingerprint density at radius 2 is 2.26 bits per heavy atom. The maximum atomic E-state index is 8.99. The topological polar surface area (TPSA) is 70.8 Å². The normalized spacial score (nSPS) is 9.95.